The highest BCUT2D eigenvalue weighted by Crippen LogP contribution is 2.26. The van der Waals surface area contributed by atoms with Crippen molar-refractivity contribution in [2.45, 2.75) is 25.4 Å². The van der Waals surface area contributed by atoms with Gasteiger partial charge in [0.2, 0.25) is 5.91 Å². The molecule has 0 aliphatic heterocycles. The molecule has 1 heterocycles. The molecule has 21 heavy (non-hydrogen) atoms. The molecule has 0 radical (unpaired) electrons. The van der Waals surface area contributed by atoms with Crippen LogP contribution in [0, 0.1) is 10.1 Å². The zero-order valence-corrected chi connectivity index (χ0v) is 11.0. The van der Waals surface area contributed by atoms with E-state index >= 15 is 0 Å². The summed E-state index contributed by atoms with van der Waals surface area (Å²) in [5.74, 6) is -1.68. The predicted molar refractivity (Wildman–Crippen MR) is 69.7 cm³/mol. The molecular formula is C12H13N3O6. The van der Waals surface area contributed by atoms with E-state index in [9.17, 15) is 24.5 Å². The molecule has 0 saturated heterocycles. The number of nitrogens with zero attached hydrogens (tertiary/aromatic N) is 3. The van der Waals surface area contributed by atoms with Gasteiger partial charge >= 0.3 is 5.97 Å². The van der Waals surface area contributed by atoms with E-state index in [1.165, 1.54) is 4.90 Å². The lowest BCUT2D eigenvalue weighted by Gasteiger charge is -2.20. The van der Waals surface area contributed by atoms with Crippen molar-refractivity contribution in [3.05, 3.63) is 38.8 Å². The molecule has 1 aromatic heterocycles. The normalized spacial score (nSPS) is 13.7. The van der Waals surface area contributed by atoms with Crippen LogP contribution < -0.4 is 5.56 Å². The fourth-order valence-corrected chi connectivity index (χ4v) is 1.94. The maximum atomic E-state index is 12.1. The van der Waals surface area contributed by atoms with Gasteiger partial charge in [-0.2, -0.15) is 0 Å². The Morgan fingerprint density at radius 2 is 2.10 bits per heavy atom. The van der Waals surface area contributed by atoms with Crippen LogP contribution in [0.1, 0.15) is 12.8 Å². The first-order chi connectivity index (χ1) is 9.88. The Bertz CT molecular complexity index is 649. The number of pyridine rings is 1. The van der Waals surface area contributed by atoms with Crippen molar-refractivity contribution in [2.24, 2.45) is 0 Å². The maximum absolute atomic E-state index is 12.1. The van der Waals surface area contributed by atoms with E-state index in [-0.39, 0.29) is 11.7 Å². The average Bonchev–Trinajstić information content (AvgIpc) is 3.22. The second kappa shape index (κ2) is 5.73. The monoisotopic (exact) mass is 295 g/mol. The van der Waals surface area contributed by atoms with Crippen LogP contribution in [-0.4, -0.2) is 44.0 Å². The van der Waals surface area contributed by atoms with Gasteiger partial charge in [-0.05, 0) is 12.8 Å². The number of carbonyl (C=O) groups is 2. The first kappa shape index (κ1) is 14.7. The second-order valence-electron chi connectivity index (χ2n) is 4.76. The summed E-state index contributed by atoms with van der Waals surface area (Å²) >= 11 is 0. The Morgan fingerprint density at radius 1 is 1.43 bits per heavy atom. The minimum atomic E-state index is -1.14. The smallest absolute Gasteiger partial charge is 0.323 e. The van der Waals surface area contributed by atoms with Gasteiger partial charge in [-0.3, -0.25) is 29.1 Å². The third-order valence-electron chi connectivity index (χ3n) is 3.10. The van der Waals surface area contributed by atoms with Gasteiger partial charge in [-0.15, -0.1) is 0 Å². The molecule has 0 atom stereocenters. The van der Waals surface area contributed by atoms with Gasteiger partial charge in [-0.1, -0.05) is 0 Å². The van der Waals surface area contributed by atoms with Gasteiger partial charge in [0.05, 0.1) is 11.1 Å². The Labute approximate surface area is 118 Å². The Morgan fingerprint density at radius 3 is 2.62 bits per heavy atom. The summed E-state index contributed by atoms with van der Waals surface area (Å²) < 4.78 is 0.914. The average molecular weight is 295 g/mol. The minimum absolute atomic E-state index is 0.122. The lowest BCUT2D eigenvalue weighted by atomic mass is 10.3. The van der Waals surface area contributed by atoms with Gasteiger partial charge in [0.25, 0.3) is 11.2 Å². The summed E-state index contributed by atoms with van der Waals surface area (Å²) in [7, 11) is 0. The standard InChI is InChI=1S/C12H13N3O6/c16-10-4-3-9(15(20)21)5-13(10)6-11(17)14(7-12(18)19)8-1-2-8/h3-5,8H,1-2,6-7H2,(H,18,19). The molecule has 0 unspecified atom stereocenters. The topological polar surface area (TPSA) is 123 Å². The van der Waals surface area contributed by atoms with Gasteiger partial charge in [0.15, 0.2) is 0 Å². The Hall–Kier alpha value is -2.71. The number of aliphatic carboxylic acids is 1. The number of hydrogen-bond acceptors (Lipinski definition) is 5. The van der Waals surface area contributed by atoms with Crippen molar-refractivity contribution >= 4 is 17.6 Å². The van der Waals surface area contributed by atoms with E-state index in [1.54, 1.807) is 0 Å². The zero-order valence-electron chi connectivity index (χ0n) is 11.0. The molecule has 0 spiro atoms. The van der Waals surface area contributed by atoms with Crippen LogP contribution in [0.2, 0.25) is 0 Å². The van der Waals surface area contributed by atoms with Crippen LogP contribution in [0.15, 0.2) is 23.1 Å². The summed E-state index contributed by atoms with van der Waals surface area (Å²) in [5, 5.41) is 19.5. The number of nitro groups is 1. The fourth-order valence-electron chi connectivity index (χ4n) is 1.94. The molecule has 9 nitrogen and oxygen atoms in total. The third kappa shape index (κ3) is 3.65. The first-order valence-corrected chi connectivity index (χ1v) is 6.24. The predicted octanol–water partition coefficient (Wildman–Crippen LogP) is -0.168. The van der Waals surface area contributed by atoms with Crippen molar-refractivity contribution in [1.29, 1.82) is 0 Å². The van der Waals surface area contributed by atoms with Crippen LogP contribution in [0.3, 0.4) is 0 Å². The molecule has 9 heteroatoms. The summed E-state index contributed by atoms with van der Waals surface area (Å²) in [4.78, 5) is 45.6. The number of amides is 1. The number of hydrogen-bond donors (Lipinski definition) is 1. The molecule has 1 N–H and O–H groups in total. The van der Waals surface area contributed by atoms with Crippen molar-refractivity contribution < 1.29 is 19.6 Å². The maximum Gasteiger partial charge on any atom is 0.323 e. The second-order valence-corrected chi connectivity index (χ2v) is 4.76. The van der Waals surface area contributed by atoms with E-state index in [2.05, 4.69) is 0 Å². The van der Waals surface area contributed by atoms with E-state index in [1.807, 2.05) is 0 Å². The summed E-state index contributed by atoms with van der Waals surface area (Å²) in [6.45, 7) is -0.850. The molecule has 1 amide bonds. The van der Waals surface area contributed by atoms with E-state index < -0.39 is 35.4 Å². The molecule has 1 saturated carbocycles. The first-order valence-electron chi connectivity index (χ1n) is 6.24. The van der Waals surface area contributed by atoms with Crippen LogP contribution >= 0.6 is 0 Å². The number of carboxylic acid groups (broad SMARTS) is 1. The van der Waals surface area contributed by atoms with E-state index in [4.69, 9.17) is 5.11 Å². The molecular weight excluding hydrogens is 282 g/mol. The summed E-state index contributed by atoms with van der Waals surface area (Å²) in [6, 6.07) is 1.94. The van der Waals surface area contributed by atoms with Gasteiger partial charge in [0, 0.05) is 18.2 Å². The van der Waals surface area contributed by atoms with E-state index in [0.29, 0.717) is 0 Å². The highest BCUT2D eigenvalue weighted by Gasteiger charge is 2.33. The van der Waals surface area contributed by atoms with Crippen molar-refractivity contribution in [1.82, 2.24) is 9.47 Å². The largest absolute Gasteiger partial charge is 0.480 e. The lowest BCUT2D eigenvalue weighted by Crippen LogP contribution is -2.40. The quantitative estimate of drug-likeness (QED) is 0.574. The molecule has 1 fully saturated rings. The number of aromatic nitrogens is 1. The number of carboxylic acids is 1. The molecule has 1 aliphatic rings. The van der Waals surface area contributed by atoms with Crippen LogP contribution in [0.25, 0.3) is 0 Å². The van der Waals surface area contributed by atoms with Crippen LogP contribution in [-0.2, 0) is 16.1 Å². The minimum Gasteiger partial charge on any atom is -0.480 e. The fraction of sp³-hybridized carbons (Fsp3) is 0.417. The molecule has 0 aromatic carbocycles. The van der Waals surface area contributed by atoms with Crippen LogP contribution in [0.5, 0.6) is 0 Å². The highest BCUT2D eigenvalue weighted by molar-refractivity contribution is 5.81. The van der Waals surface area contributed by atoms with E-state index in [0.717, 1.165) is 35.7 Å². The van der Waals surface area contributed by atoms with Crippen molar-refractivity contribution in [3.8, 4) is 0 Å². The zero-order chi connectivity index (χ0) is 15.6. The van der Waals surface area contributed by atoms with Crippen LogP contribution in [0.4, 0.5) is 5.69 Å². The number of rotatable bonds is 6. The highest BCUT2D eigenvalue weighted by atomic mass is 16.6. The molecule has 1 aromatic rings. The number of carbonyl (C=O) groups excluding carboxylic acids is 1. The lowest BCUT2D eigenvalue weighted by molar-refractivity contribution is -0.385. The molecule has 112 valence electrons. The summed E-state index contributed by atoms with van der Waals surface area (Å²) in [6.07, 6.45) is 2.43. The van der Waals surface area contributed by atoms with Crippen molar-refractivity contribution in [3.63, 3.8) is 0 Å². The van der Waals surface area contributed by atoms with Gasteiger partial charge < -0.3 is 10.0 Å². The Balaban J connectivity index is 2.17. The molecule has 0 bridgehead atoms. The SMILES string of the molecule is O=C(O)CN(C(=O)Cn1cc([N+](=O)[O-])ccc1=O)C1CC1. The Kier molecular flexibility index (Phi) is 4.01. The van der Waals surface area contributed by atoms with Crippen molar-refractivity contribution in [2.75, 3.05) is 6.54 Å². The molecule has 1 aliphatic carbocycles. The third-order valence-corrected chi connectivity index (χ3v) is 3.10. The molecule has 2 rings (SSSR count). The van der Waals surface area contributed by atoms with Gasteiger partial charge in [0.1, 0.15) is 13.1 Å². The van der Waals surface area contributed by atoms with Gasteiger partial charge in [-0.25, -0.2) is 0 Å². The summed E-state index contributed by atoms with van der Waals surface area (Å²) in [5.41, 5.74) is -0.862.